The van der Waals surface area contributed by atoms with E-state index in [0.29, 0.717) is 38.6 Å². The average molecular weight is 528 g/mol. The van der Waals surface area contributed by atoms with Gasteiger partial charge in [-0.2, -0.15) is 0 Å². The fraction of sp³-hybridized carbons (Fsp3) is 0.0345. The van der Waals surface area contributed by atoms with Crippen LogP contribution in [0, 0.1) is 6.92 Å². The monoisotopic (exact) mass is 527 g/mol. The van der Waals surface area contributed by atoms with Gasteiger partial charge in [-0.15, -0.1) is 0 Å². The summed E-state index contributed by atoms with van der Waals surface area (Å²) in [7, 11) is -3.72. The summed E-state index contributed by atoms with van der Waals surface area (Å²) >= 11 is 6.39. The highest BCUT2D eigenvalue weighted by molar-refractivity contribution is 7.92. The van der Waals surface area contributed by atoms with Crippen LogP contribution in [-0.2, 0) is 10.0 Å². The molecule has 0 aliphatic carbocycles. The number of pyridine rings is 1. The average Bonchev–Trinajstić information content (AvgIpc) is 2.89. The topological polar surface area (TPSA) is 88.2 Å². The Labute approximate surface area is 220 Å². The van der Waals surface area contributed by atoms with E-state index >= 15 is 0 Å². The molecule has 0 saturated carbocycles. The molecule has 0 fully saturated rings. The maximum atomic E-state index is 13.3. The molecular weight excluding hydrogens is 506 g/mol. The largest absolute Gasteiger partial charge is 0.322 e. The molecule has 2 N–H and O–H groups in total. The Bertz CT molecular complexity index is 1720. The van der Waals surface area contributed by atoms with E-state index < -0.39 is 10.0 Å². The number of aromatic nitrogens is 1. The third-order valence-corrected chi connectivity index (χ3v) is 7.56. The number of halogens is 1. The second-order valence-corrected chi connectivity index (χ2v) is 10.6. The molecule has 1 amide bonds. The highest BCUT2D eigenvalue weighted by atomic mass is 35.5. The second kappa shape index (κ2) is 10.0. The van der Waals surface area contributed by atoms with Gasteiger partial charge in [0, 0.05) is 27.3 Å². The summed E-state index contributed by atoms with van der Waals surface area (Å²) in [5.41, 5.74) is 4.32. The van der Waals surface area contributed by atoms with Crippen molar-refractivity contribution in [3.63, 3.8) is 0 Å². The number of carbonyl (C=O) groups excluding carboxylic acids is 1. The maximum absolute atomic E-state index is 13.3. The van der Waals surface area contributed by atoms with E-state index in [1.54, 1.807) is 60.7 Å². The van der Waals surface area contributed by atoms with Crippen molar-refractivity contribution >= 4 is 49.8 Å². The van der Waals surface area contributed by atoms with E-state index in [0.717, 1.165) is 11.1 Å². The number of sulfonamides is 1. The number of rotatable bonds is 6. The standard InChI is InChI=1S/C29H22ClN3O3S/c1-19-10-16-22(17-11-19)37(35,36)33-21-14-12-20(13-15-21)31-29(34)25-18-28(24-7-2-4-8-26(24)30)32-27-9-5-3-6-23(25)27/h2-18,33H,1H3,(H,31,34). The van der Waals surface area contributed by atoms with E-state index in [9.17, 15) is 13.2 Å². The molecule has 0 saturated heterocycles. The van der Waals surface area contributed by atoms with Gasteiger partial charge in [-0.25, -0.2) is 13.4 Å². The van der Waals surface area contributed by atoms with Crippen molar-refractivity contribution in [1.29, 1.82) is 0 Å². The number of nitrogens with one attached hydrogen (secondary N) is 2. The van der Waals surface area contributed by atoms with E-state index in [1.807, 2.05) is 49.4 Å². The lowest BCUT2D eigenvalue weighted by Gasteiger charge is -2.12. The molecule has 0 radical (unpaired) electrons. The molecule has 8 heteroatoms. The Hall–Kier alpha value is -4.20. The summed E-state index contributed by atoms with van der Waals surface area (Å²) < 4.78 is 27.9. The van der Waals surface area contributed by atoms with Crippen molar-refractivity contribution in [1.82, 2.24) is 4.98 Å². The van der Waals surface area contributed by atoms with E-state index in [-0.39, 0.29) is 10.8 Å². The fourth-order valence-corrected chi connectivity index (χ4v) is 5.21. The number of fused-ring (bicyclic) bond motifs is 1. The number of benzene rings is 4. The lowest BCUT2D eigenvalue weighted by molar-refractivity contribution is 0.102. The minimum atomic E-state index is -3.72. The van der Waals surface area contributed by atoms with Gasteiger partial charge >= 0.3 is 0 Å². The van der Waals surface area contributed by atoms with Gasteiger partial charge in [0.1, 0.15) is 0 Å². The number of hydrogen-bond acceptors (Lipinski definition) is 4. The lowest BCUT2D eigenvalue weighted by atomic mass is 10.0. The molecule has 5 rings (SSSR count). The molecule has 0 unspecified atom stereocenters. The van der Waals surface area contributed by atoms with Crippen LogP contribution >= 0.6 is 11.6 Å². The first-order chi connectivity index (χ1) is 17.8. The molecule has 4 aromatic carbocycles. The molecule has 0 aliphatic rings. The van der Waals surface area contributed by atoms with Crippen LogP contribution in [-0.4, -0.2) is 19.3 Å². The van der Waals surface area contributed by atoms with Crippen molar-refractivity contribution in [2.75, 3.05) is 10.0 Å². The molecule has 0 spiro atoms. The van der Waals surface area contributed by atoms with Crippen LogP contribution < -0.4 is 10.0 Å². The Morgan fingerprint density at radius 1 is 0.811 bits per heavy atom. The van der Waals surface area contributed by atoms with Crippen molar-refractivity contribution in [3.8, 4) is 11.3 Å². The van der Waals surface area contributed by atoms with Crippen LogP contribution in [0.3, 0.4) is 0 Å². The van der Waals surface area contributed by atoms with Crippen molar-refractivity contribution in [2.24, 2.45) is 0 Å². The van der Waals surface area contributed by atoms with Crippen LogP contribution in [0.25, 0.3) is 22.2 Å². The third-order valence-electron chi connectivity index (χ3n) is 5.84. The zero-order chi connectivity index (χ0) is 26.0. The van der Waals surface area contributed by atoms with Gasteiger partial charge in [0.05, 0.1) is 21.7 Å². The molecule has 0 atom stereocenters. The highest BCUT2D eigenvalue weighted by Gasteiger charge is 2.17. The minimum absolute atomic E-state index is 0.175. The predicted molar refractivity (Wildman–Crippen MR) is 149 cm³/mol. The van der Waals surface area contributed by atoms with Crippen molar-refractivity contribution in [2.45, 2.75) is 11.8 Å². The molecule has 37 heavy (non-hydrogen) atoms. The first kappa shape index (κ1) is 24.5. The van der Waals surface area contributed by atoms with Gasteiger partial charge < -0.3 is 5.32 Å². The smallest absolute Gasteiger partial charge is 0.261 e. The number of anilines is 2. The number of amides is 1. The molecule has 6 nitrogen and oxygen atoms in total. The van der Waals surface area contributed by atoms with Crippen molar-refractivity contribution < 1.29 is 13.2 Å². The summed E-state index contributed by atoms with van der Waals surface area (Å²) in [6.45, 7) is 1.89. The van der Waals surface area contributed by atoms with Crippen LogP contribution in [0.1, 0.15) is 15.9 Å². The summed E-state index contributed by atoms with van der Waals surface area (Å²) in [4.78, 5) is 18.2. The zero-order valence-corrected chi connectivity index (χ0v) is 21.3. The van der Waals surface area contributed by atoms with Crippen LogP contribution in [0.4, 0.5) is 11.4 Å². The Balaban J connectivity index is 1.40. The summed E-state index contributed by atoms with van der Waals surface area (Å²) in [5, 5.41) is 4.14. The van der Waals surface area contributed by atoms with Crippen LogP contribution in [0.15, 0.2) is 108 Å². The number of carbonyl (C=O) groups is 1. The molecule has 5 aromatic rings. The number of hydrogen-bond donors (Lipinski definition) is 2. The zero-order valence-electron chi connectivity index (χ0n) is 19.8. The molecule has 0 bridgehead atoms. The molecule has 1 aromatic heterocycles. The Kier molecular flexibility index (Phi) is 6.65. The van der Waals surface area contributed by atoms with E-state index in [2.05, 4.69) is 10.0 Å². The maximum Gasteiger partial charge on any atom is 0.261 e. The Morgan fingerprint density at radius 3 is 2.19 bits per heavy atom. The fourth-order valence-electron chi connectivity index (χ4n) is 3.92. The van der Waals surface area contributed by atoms with Gasteiger partial charge in [0.2, 0.25) is 0 Å². The molecule has 0 aliphatic heterocycles. The van der Waals surface area contributed by atoms with Gasteiger partial charge in [0.25, 0.3) is 15.9 Å². The SMILES string of the molecule is Cc1ccc(S(=O)(=O)Nc2ccc(NC(=O)c3cc(-c4ccccc4Cl)nc4ccccc34)cc2)cc1. The van der Waals surface area contributed by atoms with E-state index in [1.165, 1.54) is 0 Å². The summed E-state index contributed by atoms with van der Waals surface area (Å²) in [6.07, 6.45) is 0. The van der Waals surface area contributed by atoms with Gasteiger partial charge in [-0.05, 0) is 61.5 Å². The third kappa shape index (κ3) is 5.33. The van der Waals surface area contributed by atoms with Crippen LogP contribution in [0.2, 0.25) is 5.02 Å². The van der Waals surface area contributed by atoms with Gasteiger partial charge in [0.15, 0.2) is 0 Å². The first-order valence-electron chi connectivity index (χ1n) is 11.5. The van der Waals surface area contributed by atoms with Gasteiger partial charge in [-0.3, -0.25) is 9.52 Å². The Morgan fingerprint density at radius 2 is 1.46 bits per heavy atom. The number of para-hydroxylation sites is 1. The quantitative estimate of drug-likeness (QED) is 0.251. The van der Waals surface area contributed by atoms with Crippen LogP contribution in [0.5, 0.6) is 0 Å². The lowest BCUT2D eigenvalue weighted by Crippen LogP contribution is -2.14. The molecule has 1 heterocycles. The minimum Gasteiger partial charge on any atom is -0.322 e. The van der Waals surface area contributed by atoms with Gasteiger partial charge in [-0.1, -0.05) is 65.7 Å². The number of aryl methyl sites for hydroxylation is 1. The van der Waals surface area contributed by atoms with Crippen molar-refractivity contribution in [3.05, 3.63) is 119 Å². The summed E-state index contributed by atoms with van der Waals surface area (Å²) in [5.74, 6) is -0.320. The second-order valence-electron chi connectivity index (χ2n) is 8.50. The first-order valence-corrected chi connectivity index (χ1v) is 13.3. The van der Waals surface area contributed by atoms with E-state index in [4.69, 9.17) is 16.6 Å². The molecular formula is C29H22ClN3O3S. The normalized spacial score (nSPS) is 11.3. The molecule has 184 valence electrons. The number of nitrogens with zero attached hydrogens (tertiary/aromatic N) is 1. The summed E-state index contributed by atoms with van der Waals surface area (Å²) in [6, 6.07) is 29.6. The highest BCUT2D eigenvalue weighted by Crippen LogP contribution is 2.30. The predicted octanol–water partition coefficient (Wildman–Crippen LogP) is 6.92.